The zero-order chi connectivity index (χ0) is 17.8. The quantitative estimate of drug-likeness (QED) is 0.730. The number of benzene rings is 2. The number of carbonyl (C=O) groups excluding carboxylic acids is 1. The summed E-state index contributed by atoms with van der Waals surface area (Å²) in [5.41, 5.74) is 3.11. The number of hydrogen-bond donors (Lipinski definition) is 1. The number of nitrogens with zero attached hydrogens (tertiary/aromatic N) is 1. The molecule has 1 saturated heterocycles. The summed E-state index contributed by atoms with van der Waals surface area (Å²) in [6.45, 7) is 4.69. The molecule has 0 spiro atoms. The molecule has 1 amide bonds. The van der Waals surface area contributed by atoms with E-state index in [1.807, 2.05) is 25.1 Å². The molecule has 1 aliphatic rings. The third-order valence-corrected chi connectivity index (χ3v) is 5.42. The van der Waals surface area contributed by atoms with Crippen molar-refractivity contribution in [3.8, 4) is 0 Å². The summed E-state index contributed by atoms with van der Waals surface area (Å²) >= 11 is 9.51. The molecule has 5 heteroatoms. The largest absolute Gasteiger partial charge is 0.326 e. The maximum absolute atomic E-state index is 12.7. The van der Waals surface area contributed by atoms with E-state index in [4.69, 9.17) is 11.6 Å². The number of amides is 1. The molecular weight excluding hydrogens is 400 g/mol. The van der Waals surface area contributed by atoms with Crippen molar-refractivity contribution in [3.05, 3.63) is 63.1 Å². The van der Waals surface area contributed by atoms with Gasteiger partial charge in [0, 0.05) is 28.3 Å². The highest BCUT2D eigenvalue weighted by molar-refractivity contribution is 9.10. The Morgan fingerprint density at radius 2 is 2.04 bits per heavy atom. The number of anilines is 1. The number of carbonyl (C=O) groups is 1. The fourth-order valence-corrected chi connectivity index (χ4v) is 3.66. The van der Waals surface area contributed by atoms with Gasteiger partial charge >= 0.3 is 0 Å². The van der Waals surface area contributed by atoms with E-state index in [2.05, 4.69) is 50.4 Å². The molecule has 25 heavy (non-hydrogen) atoms. The van der Waals surface area contributed by atoms with E-state index in [1.165, 1.54) is 5.56 Å². The van der Waals surface area contributed by atoms with E-state index < -0.39 is 0 Å². The lowest BCUT2D eigenvalue weighted by Gasteiger charge is -2.32. The van der Waals surface area contributed by atoms with Crippen molar-refractivity contribution >= 4 is 39.1 Å². The van der Waals surface area contributed by atoms with Crippen molar-refractivity contribution in [2.45, 2.75) is 26.3 Å². The van der Waals surface area contributed by atoms with Crippen molar-refractivity contribution in [2.24, 2.45) is 5.92 Å². The molecule has 1 fully saturated rings. The molecule has 0 saturated carbocycles. The summed E-state index contributed by atoms with van der Waals surface area (Å²) in [6.07, 6.45) is 1.98. The van der Waals surface area contributed by atoms with Crippen molar-refractivity contribution in [2.75, 3.05) is 18.4 Å². The van der Waals surface area contributed by atoms with Gasteiger partial charge in [-0.15, -0.1) is 0 Å². The van der Waals surface area contributed by atoms with Gasteiger partial charge in [0.1, 0.15) is 0 Å². The van der Waals surface area contributed by atoms with Gasteiger partial charge in [-0.3, -0.25) is 9.69 Å². The Morgan fingerprint density at radius 1 is 1.28 bits per heavy atom. The van der Waals surface area contributed by atoms with Gasteiger partial charge in [-0.2, -0.15) is 0 Å². The molecule has 3 rings (SSSR count). The first-order valence-electron chi connectivity index (χ1n) is 8.55. The van der Waals surface area contributed by atoms with Crippen LogP contribution in [0.1, 0.15) is 24.0 Å². The number of aryl methyl sites for hydroxylation is 1. The molecule has 1 atom stereocenters. The summed E-state index contributed by atoms with van der Waals surface area (Å²) in [4.78, 5) is 15.0. The topological polar surface area (TPSA) is 32.3 Å². The van der Waals surface area contributed by atoms with Crippen LogP contribution >= 0.6 is 27.5 Å². The first-order chi connectivity index (χ1) is 12.0. The van der Waals surface area contributed by atoms with Crippen LogP contribution in [0.15, 0.2) is 46.9 Å². The Balaban J connectivity index is 1.61. The molecule has 1 unspecified atom stereocenters. The second kappa shape index (κ2) is 8.35. The molecule has 0 aromatic heterocycles. The Morgan fingerprint density at radius 3 is 2.80 bits per heavy atom. The predicted octanol–water partition coefficient (Wildman–Crippen LogP) is 5.26. The average molecular weight is 422 g/mol. The number of likely N-dealkylation sites (tertiary alicyclic amines) is 1. The van der Waals surface area contributed by atoms with Crippen molar-refractivity contribution in [1.29, 1.82) is 0 Å². The average Bonchev–Trinajstić information content (AvgIpc) is 2.60. The molecule has 3 nitrogen and oxygen atoms in total. The third kappa shape index (κ3) is 5.06. The van der Waals surface area contributed by atoms with Gasteiger partial charge in [0.05, 0.1) is 5.92 Å². The molecule has 1 N–H and O–H groups in total. The zero-order valence-corrected chi connectivity index (χ0v) is 16.6. The van der Waals surface area contributed by atoms with Crippen molar-refractivity contribution < 1.29 is 4.79 Å². The normalized spacial score (nSPS) is 18.1. The fraction of sp³-hybridized carbons (Fsp3) is 0.350. The standard InChI is InChI=1S/C20H22BrClN2O/c1-14-4-9-18(22)11-19(14)23-20(25)16-3-2-10-24(13-16)12-15-5-7-17(21)8-6-15/h4-9,11,16H,2-3,10,12-13H2,1H3,(H,23,25). The van der Waals surface area contributed by atoms with Gasteiger partial charge in [-0.25, -0.2) is 0 Å². The van der Waals surface area contributed by atoms with Crippen LogP contribution in [0.3, 0.4) is 0 Å². The number of nitrogens with one attached hydrogen (secondary N) is 1. The van der Waals surface area contributed by atoms with Crippen LogP contribution < -0.4 is 5.32 Å². The number of halogens is 2. The van der Waals surface area contributed by atoms with Crippen LogP contribution in [0.2, 0.25) is 5.02 Å². The zero-order valence-electron chi connectivity index (χ0n) is 14.3. The van der Waals surface area contributed by atoms with E-state index in [0.29, 0.717) is 5.02 Å². The summed E-state index contributed by atoms with van der Waals surface area (Å²) in [5.74, 6) is 0.105. The minimum Gasteiger partial charge on any atom is -0.326 e. The van der Waals surface area contributed by atoms with Gasteiger partial charge in [0.2, 0.25) is 5.91 Å². The van der Waals surface area contributed by atoms with Crippen LogP contribution in [0.4, 0.5) is 5.69 Å². The second-order valence-corrected chi connectivity index (χ2v) is 8.00. The lowest BCUT2D eigenvalue weighted by molar-refractivity contribution is -0.121. The lowest BCUT2D eigenvalue weighted by atomic mass is 9.96. The minimum atomic E-state index is 0.0163. The predicted molar refractivity (Wildman–Crippen MR) is 107 cm³/mol. The molecule has 132 valence electrons. The molecule has 1 aliphatic heterocycles. The highest BCUT2D eigenvalue weighted by Crippen LogP contribution is 2.24. The second-order valence-electron chi connectivity index (χ2n) is 6.65. The van der Waals surface area contributed by atoms with Gasteiger partial charge < -0.3 is 5.32 Å². The van der Waals surface area contributed by atoms with Crippen LogP contribution in [0, 0.1) is 12.8 Å². The highest BCUT2D eigenvalue weighted by Gasteiger charge is 2.26. The monoisotopic (exact) mass is 420 g/mol. The Bertz CT molecular complexity index is 748. The molecule has 0 aliphatic carbocycles. The summed E-state index contributed by atoms with van der Waals surface area (Å²) < 4.78 is 1.09. The molecule has 2 aromatic carbocycles. The Hall–Kier alpha value is -1.36. The molecule has 2 aromatic rings. The summed E-state index contributed by atoms with van der Waals surface area (Å²) in [6, 6.07) is 14.0. The highest BCUT2D eigenvalue weighted by atomic mass is 79.9. The van der Waals surface area contributed by atoms with Gasteiger partial charge in [-0.05, 0) is 61.7 Å². The van der Waals surface area contributed by atoms with Crippen LogP contribution in [0.5, 0.6) is 0 Å². The fourth-order valence-electron chi connectivity index (χ4n) is 3.22. The van der Waals surface area contributed by atoms with Crippen molar-refractivity contribution in [3.63, 3.8) is 0 Å². The summed E-state index contributed by atoms with van der Waals surface area (Å²) in [5, 5.41) is 3.70. The van der Waals surface area contributed by atoms with E-state index >= 15 is 0 Å². The Labute approximate surface area is 162 Å². The third-order valence-electron chi connectivity index (χ3n) is 4.65. The first kappa shape index (κ1) is 18.4. The molecule has 0 radical (unpaired) electrons. The number of rotatable bonds is 4. The van der Waals surface area contributed by atoms with Gasteiger partial charge in [0.15, 0.2) is 0 Å². The molecule has 1 heterocycles. The maximum atomic E-state index is 12.7. The maximum Gasteiger partial charge on any atom is 0.228 e. The minimum absolute atomic E-state index is 0.0163. The SMILES string of the molecule is Cc1ccc(Cl)cc1NC(=O)C1CCCN(Cc2ccc(Br)cc2)C1. The van der Waals surface area contributed by atoms with E-state index in [9.17, 15) is 4.79 Å². The summed E-state index contributed by atoms with van der Waals surface area (Å²) in [7, 11) is 0. The van der Waals surface area contributed by atoms with E-state index in [0.717, 1.165) is 48.2 Å². The molecule has 0 bridgehead atoms. The lowest BCUT2D eigenvalue weighted by Crippen LogP contribution is -2.40. The van der Waals surface area contributed by atoms with Gasteiger partial charge in [-0.1, -0.05) is 45.7 Å². The number of hydrogen-bond acceptors (Lipinski definition) is 2. The van der Waals surface area contributed by atoms with Gasteiger partial charge in [0.25, 0.3) is 0 Å². The van der Waals surface area contributed by atoms with E-state index in [1.54, 1.807) is 0 Å². The van der Waals surface area contributed by atoms with Crippen molar-refractivity contribution in [1.82, 2.24) is 4.90 Å². The van der Waals surface area contributed by atoms with Crippen LogP contribution in [0.25, 0.3) is 0 Å². The smallest absolute Gasteiger partial charge is 0.228 e. The molecular formula is C20H22BrClN2O. The van der Waals surface area contributed by atoms with Crippen LogP contribution in [-0.4, -0.2) is 23.9 Å². The van der Waals surface area contributed by atoms with E-state index in [-0.39, 0.29) is 11.8 Å². The Kier molecular flexibility index (Phi) is 6.15. The first-order valence-corrected chi connectivity index (χ1v) is 9.72. The van der Waals surface area contributed by atoms with Crippen LogP contribution in [-0.2, 0) is 11.3 Å². The number of piperidine rings is 1.